The highest BCUT2D eigenvalue weighted by atomic mass is 35.5. The molecule has 8 heteroatoms. The molecule has 5 nitrogen and oxygen atoms in total. The van der Waals surface area contributed by atoms with Crippen LogP contribution in [0.3, 0.4) is 0 Å². The number of halogens is 3. The Kier molecular flexibility index (Phi) is 3.39. The molecule has 112 valence electrons. The molecule has 1 aliphatic heterocycles. The van der Waals surface area contributed by atoms with Gasteiger partial charge in [0.05, 0.1) is 11.4 Å². The third kappa shape index (κ3) is 2.74. The van der Waals surface area contributed by atoms with Gasteiger partial charge in [0.2, 0.25) is 5.28 Å². The maximum absolute atomic E-state index is 13.3. The first-order valence-corrected chi connectivity index (χ1v) is 7.05. The Bertz CT molecular complexity index is 697. The summed E-state index contributed by atoms with van der Waals surface area (Å²) in [5.41, 5.74) is 2.42. The summed E-state index contributed by atoms with van der Waals surface area (Å²) in [6.45, 7) is 4.09. The first kappa shape index (κ1) is 14.3. The Balaban J connectivity index is 2.07. The van der Waals surface area contributed by atoms with Crippen molar-refractivity contribution < 1.29 is 8.78 Å². The van der Waals surface area contributed by atoms with Crippen LogP contribution in [0.2, 0.25) is 5.28 Å². The first-order chi connectivity index (χ1) is 9.85. The Morgan fingerprint density at radius 3 is 2.29 bits per heavy atom. The molecule has 0 aliphatic carbocycles. The number of rotatable bonds is 1. The van der Waals surface area contributed by atoms with Crippen LogP contribution >= 0.6 is 11.6 Å². The second-order valence-electron chi connectivity index (χ2n) is 5.23. The molecule has 3 heterocycles. The highest BCUT2D eigenvalue weighted by Crippen LogP contribution is 2.32. The SMILES string of the molecule is Cc1nc2nc(Cl)nc(N3CCC(F)(F)CC3)c2nc1C. The van der Waals surface area contributed by atoms with Crippen LogP contribution in [0, 0.1) is 13.8 Å². The number of nitrogens with zero attached hydrogens (tertiary/aromatic N) is 5. The molecule has 0 spiro atoms. The van der Waals surface area contributed by atoms with Crippen molar-refractivity contribution >= 4 is 28.6 Å². The van der Waals surface area contributed by atoms with Gasteiger partial charge in [0.1, 0.15) is 0 Å². The van der Waals surface area contributed by atoms with Crippen molar-refractivity contribution in [2.45, 2.75) is 32.6 Å². The highest BCUT2D eigenvalue weighted by molar-refractivity contribution is 6.28. The van der Waals surface area contributed by atoms with Gasteiger partial charge in [0.15, 0.2) is 17.0 Å². The maximum Gasteiger partial charge on any atom is 0.251 e. The molecule has 2 aromatic rings. The minimum atomic E-state index is -2.61. The van der Waals surface area contributed by atoms with Gasteiger partial charge in [0.25, 0.3) is 5.92 Å². The Morgan fingerprint density at radius 1 is 1.00 bits per heavy atom. The molecule has 0 atom stereocenters. The average Bonchev–Trinajstić information content (AvgIpc) is 2.40. The zero-order chi connectivity index (χ0) is 15.2. The molecule has 0 unspecified atom stereocenters. The molecular formula is C13H14ClF2N5. The van der Waals surface area contributed by atoms with Crippen molar-refractivity contribution in [3.63, 3.8) is 0 Å². The molecule has 0 bridgehead atoms. The number of aryl methyl sites for hydroxylation is 2. The monoisotopic (exact) mass is 313 g/mol. The summed E-state index contributed by atoms with van der Waals surface area (Å²) in [7, 11) is 0. The summed E-state index contributed by atoms with van der Waals surface area (Å²) in [5, 5.41) is 0.0485. The Hall–Kier alpha value is -1.63. The van der Waals surface area contributed by atoms with E-state index in [0.29, 0.717) is 17.0 Å². The van der Waals surface area contributed by atoms with Crippen LogP contribution < -0.4 is 4.90 Å². The molecule has 21 heavy (non-hydrogen) atoms. The first-order valence-electron chi connectivity index (χ1n) is 6.67. The number of alkyl halides is 2. The van der Waals surface area contributed by atoms with Gasteiger partial charge in [-0.25, -0.2) is 18.7 Å². The normalized spacial score (nSPS) is 18.2. The predicted molar refractivity (Wildman–Crippen MR) is 76.0 cm³/mol. The summed E-state index contributed by atoms with van der Waals surface area (Å²) >= 11 is 5.93. The van der Waals surface area contributed by atoms with Gasteiger partial charge in [0, 0.05) is 25.9 Å². The second kappa shape index (κ2) is 4.98. The van der Waals surface area contributed by atoms with Crippen LogP contribution in [-0.2, 0) is 0 Å². The van der Waals surface area contributed by atoms with E-state index in [1.54, 1.807) is 4.90 Å². The van der Waals surface area contributed by atoms with Gasteiger partial charge in [-0.15, -0.1) is 0 Å². The molecule has 0 saturated carbocycles. The summed E-state index contributed by atoms with van der Waals surface area (Å²) in [5.74, 6) is -2.13. The lowest BCUT2D eigenvalue weighted by Crippen LogP contribution is -2.40. The number of piperidine rings is 1. The van der Waals surface area contributed by atoms with Crippen molar-refractivity contribution in [3.8, 4) is 0 Å². The summed E-state index contributed by atoms with van der Waals surface area (Å²) in [6, 6.07) is 0. The largest absolute Gasteiger partial charge is 0.354 e. The van der Waals surface area contributed by atoms with E-state index in [9.17, 15) is 8.78 Å². The van der Waals surface area contributed by atoms with E-state index in [2.05, 4.69) is 19.9 Å². The fourth-order valence-electron chi connectivity index (χ4n) is 2.34. The van der Waals surface area contributed by atoms with Gasteiger partial charge in [-0.05, 0) is 25.4 Å². The molecule has 0 aromatic carbocycles. The molecule has 3 rings (SSSR count). The molecule has 0 N–H and O–H groups in total. The average molecular weight is 314 g/mol. The molecule has 2 aromatic heterocycles. The minimum absolute atomic E-state index is 0.0485. The van der Waals surface area contributed by atoms with Crippen LogP contribution in [0.5, 0.6) is 0 Å². The van der Waals surface area contributed by atoms with Gasteiger partial charge in [-0.2, -0.15) is 9.97 Å². The molecule has 1 saturated heterocycles. The summed E-state index contributed by atoms with van der Waals surface area (Å²) < 4.78 is 26.6. The van der Waals surface area contributed by atoms with Crippen LogP contribution in [0.25, 0.3) is 11.2 Å². The number of hydrogen-bond acceptors (Lipinski definition) is 5. The van der Waals surface area contributed by atoms with E-state index in [0.717, 1.165) is 11.4 Å². The predicted octanol–water partition coefficient (Wildman–Crippen LogP) is 2.93. The van der Waals surface area contributed by atoms with E-state index in [4.69, 9.17) is 11.6 Å². The lowest BCUT2D eigenvalue weighted by atomic mass is 10.1. The highest BCUT2D eigenvalue weighted by Gasteiger charge is 2.35. The number of anilines is 1. The number of hydrogen-bond donors (Lipinski definition) is 0. The van der Waals surface area contributed by atoms with Gasteiger partial charge in [-0.1, -0.05) is 0 Å². The van der Waals surface area contributed by atoms with Gasteiger partial charge < -0.3 is 4.90 Å². The fraction of sp³-hybridized carbons (Fsp3) is 0.538. The molecule has 1 aliphatic rings. The van der Waals surface area contributed by atoms with Crippen LogP contribution in [0.15, 0.2) is 0 Å². The van der Waals surface area contributed by atoms with E-state index >= 15 is 0 Å². The standard InChI is InChI=1S/C13H14ClF2N5/c1-7-8(2)18-10-9(17-7)11(20-12(14)19-10)21-5-3-13(15,16)4-6-21/h3-6H2,1-2H3. The van der Waals surface area contributed by atoms with E-state index in [1.165, 1.54) is 0 Å². The van der Waals surface area contributed by atoms with E-state index in [1.807, 2.05) is 13.8 Å². The van der Waals surface area contributed by atoms with Crippen molar-refractivity contribution in [1.29, 1.82) is 0 Å². The van der Waals surface area contributed by atoms with Gasteiger partial charge in [-0.3, -0.25) is 0 Å². The van der Waals surface area contributed by atoms with Crippen LogP contribution in [-0.4, -0.2) is 38.9 Å². The van der Waals surface area contributed by atoms with E-state index in [-0.39, 0.29) is 31.2 Å². The molecule has 0 radical (unpaired) electrons. The third-order valence-electron chi connectivity index (χ3n) is 3.69. The van der Waals surface area contributed by atoms with Crippen molar-refractivity contribution in [3.05, 3.63) is 16.7 Å². The van der Waals surface area contributed by atoms with Crippen LogP contribution in [0.4, 0.5) is 14.6 Å². The molecular weight excluding hydrogens is 300 g/mol. The second-order valence-corrected chi connectivity index (χ2v) is 5.56. The lowest BCUT2D eigenvalue weighted by Gasteiger charge is -2.32. The zero-order valence-electron chi connectivity index (χ0n) is 11.7. The number of fused-ring (bicyclic) bond motifs is 1. The zero-order valence-corrected chi connectivity index (χ0v) is 12.5. The fourth-order valence-corrected chi connectivity index (χ4v) is 2.50. The van der Waals surface area contributed by atoms with Gasteiger partial charge >= 0.3 is 0 Å². The molecule has 1 fully saturated rings. The quantitative estimate of drug-likeness (QED) is 0.758. The van der Waals surface area contributed by atoms with Crippen molar-refractivity contribution in [1.82, 2.24) is 19.9 Å². The Labute approximate surface area is 125 Å². The summed E-state index contributed by atoms with van der Waals surface area (Å²) in [4.78, 5) is 18.8. The third-order valence-corrected chi connectivity index (χ3v) is 3.86. The Morgan fingerprint density at radius 2 is 1.62 bits per heavy atom. The minimum Gasteiger partial charge on any atom is -0.354 e. The summed E-state index contributed by atoms with van der Waals surface area (Å²) in [6.07, 6.45) is -0.400. The molecule has 0 amide bonds. The lowest BCUT2D eigenvalue weighted by molar-refractivity contribution is -0.0221. The topological polar surface area (TPSA) is 54.8 Å². The van der Waals surface area contributed by atoms with E-state index < -0.39 is 5.92 Å². The van der Waals surface area contributed by atoms with Crippen LogP contribution in [0.1, 0.15) is 24.2 Å². The number of aromatic nitrogens is 4. The maximum atomic E-state index is 13.3. The van der Waals surface area contributed by atoms with Crippen molar-refractivity contribution in [2.24, 2.45) is 0 Å². The van der Waals surface area contributed by atoms with Crippen molar-refractivity contribution in [2.75, 3.05) is 18.0 Å². The smallest absolute Gasteiger partial charge is 0.251 e.